The van der Waals surface area contributed by atoms with Crippen LogP contribution in [0.25, 0.3) is 0 Å². The van der Waals surface area contributed by atoms with E-state index in [0.717, 1.165) is 16.1 Å². The van der Waals surface area contributed by atoms with Gasteiger partial charge in [0, 0.05) is 35.2 Å². The van der Waals surface area contributed by atoms with Crippen molar-refractivity contribution in [3.8, 4) is 11.5 Å². The number of rotatable bonds is 5. The largest absolute Gasteiger partial charge is 0.504 e. The second-order valence-corrected chi connectivity index (χ2v) is 11.8. The van der Waals surface area contributed by atoms with Gasteiger partial charge in [0.15, 0.2) is 28.9 Å². The van der Waals surface area contributed by atoms with Crippen LogP contribution in [0.4, 0.5) is 19.0 Å². The highest BCUT2D eigenvalue weighted by Gasteiger charge is 2.58. The fourth-order valence-corrected chi connectivity index (χ4v) is 7.20. The van der Waals surface area contributed by atoms with Crippen LogP contribution < -0.4 is 9.75 Å². The standard InChI is InChI=1S/C32H27ClF3N3O6/c1-4-45-22-7-5-6-16(28(22)42)24-15-8-9-17-25(18(15)13-19-26(24)21(40)12-14(2)27(19)41)31(44)39(30(17)43)38(3)29-20(33)10-11-23(37-29)32(34,35)36/h5-8,10-12,17-18,24-25,42H,4,9,13H2,1-3H3/t17-,18+,24+,25-/m0/s1. The van der Waals surface area contributed by atoms with Crippen LogP contribution in [0.5, 0.6) is 11.5 Å². The Kier molecular flexibility index (Phi) is 7.38. The molecule has 0 radical (unpaired) electrons. The number of hydrogen-bond donors (Lipinski definition) is 1. The Morgan fingerprint density at radius 2 is 1.84 bits per heavy atom. The predicted octanol–water partition coefficient (Wildman–Crippen LogP) is 5.34. The number of ether oxygens (including phenoxy) is 1. The minimum atomic E-state index is -4.80. The van der Waals surface area contributed by atoms with E-state index in [1.807, 2.05) is 0 Å². The van der Waals surface area contributed by atoms with E-state index in [2.05, 4.69) is 4.98 Å². The Bertz CT molecular complexity index is 1780. The van der Waals surface area contributed by atoms with Gasteiger partial charge in [-0.1, -0.05) is 35.4 Å². The molecule has 234 valence electrons. The summed E-state index contributed by atoms with van der Waals surface area (Å²) in [6.07, 6.45) is -1.70. The van der Waals surface area contributed by atoms with Gasteiger partial charge in [0.1, 0.15) is 5.69 Å². The van der Waals surface area contributed by atoms with Crippen LogP contribution in [-0.2, 0) is 25.4 Å². The maximum absolute atomic E-state index is 14.1. The number of alkyl halides is 3. The fraction of sp³-hybridized carbons (Fsp3) is 0.344. The van der Waals surface area contributed by atoms with Crippen LogP contribution in [0, 0.1) is 17.8 Å². The zero-order valence-electron chi connectivity index (χ0n) is 24.3. The number of para-hydroxylation sites is 1. The summed E-state index contributed by atoms with van der Waals surface area (Å²) < 4.78 is 45.9. The molecule has 9 nitrogen and oxygen atoms in total. The number of anilines is 1. The zero-order valence-corrected chi connectivity index (χ0v) is 25.1. The molecule has 0 bridgehead atoms. The molecule has 1 aliphatic heterocycles. The number of imide groups is 1. The van der Waals surface area contributed by atoms with E-state index in [-0.39, 0.29) is 58.5 Å². The number of Topliss-reactive ketones (excluding diaryl/α,β-unsaturated/α-hetero) is 1. The quantitative estimate of drug-likeness (QED) is 0.264. The topological polar surface area (TPSA) is 117 Å². The number of carbonyl (C=O) groups excluding carboxylic acids is 4. The molecule has 4 aliphatic rings. The van der Waals surface area contributed by atoms with E-state index in [4.69, 9.17) is 16.3 Å². The minimum Gasteiger partial charge on any atom is -0.504 e. The Morgan fingerprint density at radius 1 is 1.11 bits per heavy atom. The van der Waals surface area contributed by atoms with Crippen molar-refractivity contribution >= 4 is 40.8 Å². The smallest absolute Gasteiger partial charge is 0.433 e. The number of nitrogens with zero attached hydrogens (tertiary/aromatic N) is 3. The van der Waals surface area contributed by atoms with E-state index < -0.39 is 59.0 Å². The first kappa shape index (κ1) is 30.6. The molecule has 1 aromatic carbocycles. The van der Waals surface area contributed by atoms with Gasteiger partial charge in [0.2, 0.25) is 0 Å². The second-order valence-electron chi connectivity index (χ2n) is 11.4. The summed E-state index contributed by atoms with van der Waals surface area (Å²) in [5.74, 6) is -6.13. The Balaban J connectivity index is 1.45. The number of allylic oxidation sites excluding steroid dienone is 6. The van der Waals surface area contributed by atoms with E-state index in [1.165, 1.54) is 20.0 Å². The summed E-state index contributed by atoms with van der Waals surface area (Å²) in [7, 11) is 1.23. The van der Waals surface area contributed by atoms with Gasteiger partial charge in [-0.05, 0) is 56.9 Å². The minimum absolute atomic E-state index is 0.0142. The number of benzene rings is 1. The van der Waals surface area contributed by atoms with Gasteiger partial charge >= 0.3 is 6.18 Å². The first-order valence-electron chi connectivity index (χ1n) is 14.3. The van der Waals surface area contributed by atoms with Crippen molar-refractivity contribution in [1.82, 2.24) is 9.99 Å². The number of phenolic OH excluding ortho intramolecular Hbond substituents is 1. The number of pyridine rings is 1. The molecule has 0 saturated carbocycles. The van der Waals surface area contributed by atoms with Crippen LogP contribution in [0.15, 0.2) is 64.8 Å². The third-order valence-corrected chi connectivity index (χ3v) is 9.20. The molecule has 2 heterocycles. The zero-order chi connectivity index (χ0) is 32.5. The maximum atomic E-state index is 14.1. The van der Waals surface area contributed by atoms with Gasteiger partial charge in [-0.2, -0.15) is 18.2 Å². The maximum Gasteiger partial charge on any atom is 0.433 e. The molecule has 2 amide bonds. The normalized spacial score (nSPS) is 24.6. The third kappa shape index (κ3) is 4.73. The molecule has 6 rings (SSSR count). The first-order chi connectivity index (χ1) is 21.3. The molecule has 1 aromatic heterocycles. The lowest BCUT2D eigenvalue weighted by Gasteiger charge is -2.42. The predicted molar refractivity (Wildman–Crippen MR) is 155 cm³/mol. The average Bonchev–Trinajstić information content (AvgIpc) is 3.25. The van der Waals surface area contributed by atoms with Crippen LogP contribution in [0.1, 0.15) is 43.9 Å². The number of amides is 2. The first-order valence-corrected chi connectivity index (χ1v) is 14.6. The number of fused-ring (bicyclic) bond motifs is 3. The number of phenols is 1. The second kappa shape index (κ2) is 10.9. The van der Waals surface area contributed by atoms with E-state index in [9.17, 15) is 37.5 Å². The molecule has 0 unspecified atom stereocenters. The molecule has 0 spiro atoms. The molecule has 13 heteroatoms. The number of aromatic hydroxyl groups is 1. The Hall–Kier alpha value is -4.45. The number of ketones is 2. The number of aromatic nitrogens is 1. The summed E-state index contributed by atoms with van der Waals surface area (Å²) in [6.45, 7) is 3.53. The molecule has 1 N–H and O–H groups in total. The highest BCUT2D eigenvalue weighted by molar-refractivity contribution is 6.33. The molecule has 3 aliphatic carbocycles. The molecule has 4 atom stereocenters. The highest BCUT2D eigenvalue weighted by Crippen LogP contribution is 2.57. The lowest BCUT2D eigenvalue weighted by molar-refractivity contribution is -0.141. The summed E-state index contributed by atoms with van der Waals surface area (Å²) in [6, 6.07) is 6.53. The number of halogens is 4. The number of hydrogen-bond acceptors (Lipinski definition) is 8. The Labute approximate surface area is 260 Å². The highest BCUT2D eigenvalue weighted by atomic mass is 35.5. The van der Waals surface area contributed by atoms with Crippen LogP contribution >= 0.6 is 11.6 Å². The van der Waals surface area contributed by atoms with Gasteiger partial charge in [-0.25, -0.2) is 4.98 Å². The van der Waals surface area contributed by atoms with Crippen molar-refractivity contribution < 1.29 is 42.2 Å². The number of hydrazine groups is 1. The molecule has 1 saturated heterocycles. The van der Waals surface area contributed by atoms with Crippen molar-refractivity contribution in [3.63, 3.8) is 0 Å². The van der Waals surface area contributed by atoms with Gasteiger partial charge < -0.3 is 9.84 Å². The molecular weight excluding hydrogens is 615 g/mol. The monoisotopic (exact) mass is 641 g/mol. The summed E-state index contributed by atoms with van der Waals surface area (Å²) in [4.78, 5) is 58.4. The summed E-state index contributed by atoms with van der Waals surface area (Å²) >= 11 is 6.19. The summed E-state index contributed by atoms with van der Waals surface area (Å²) in [5, 5.41) is 12.7. The van der Waals surface area contributed by atoms with Crippen LogP contribution in [-0.4, -0.2) is 52.1 Å². The lowest BCUT2D eigenvalue weighted by Crippen LogP contribution is -2.46. The molecular formula is C32H27ClF3N3O6. The lowest BCUT2D eigenvalue weighted by atomic mass is 9.59. The molecule has 1 fully saturated rings. The van der Waals surface area contributed by atoms with E-state index >= 15 is 0 Å². The van der Waals surface area contributed by atoms with Crippen molar-refractivity contribution in [1.29, 1.82) is 0 Å². The molecule has 45 heavy (non-hydrogen) atoms. The van der Waals surface area contributed by atoms with Gasteiger partial charge in [-0.3, -0.25) is 24.2 Å². The van der Waals surface area contributed by atoms with Crippen molar-refractivity contribution in [2.45, 2.75) is 38.8 Å². The van der Waals surface area contributed by atoms with Gasteiger partial charge in [0.25, 0.3) is 11.8 Å². The van der Waals surface area contributed by atoms with E-state index in [0.29, 0.717) is 17.2 Å². The van der Waals surface area contributed by atoms with Crippen molar-refractivity contribution in [2.75, 3.05) is 18.7 Å². The Morgan fingerprint density at radius 3 is 2.53 bits per heavy atom. The van der Waals surface area contributed by atoms with E-state index in [1.54, 1.807) is 31.2 Å². The summed E-state index contributed by atoms with van der Waals surface area (Å²) in [5.41, 5.74) is 0.272. The third-order valence-electron chi connectivity index (χ3n) is 8.90. The van der Waals surface area contributed by atoms with Crippen LogP contribution in [0.2, 0.25) is 5.02 Å². The van der Waals surface area contributed by atoms with Crippen LogP contribution in [0.3, 0.4) is 0 Å². The van der Waals surface area contributed by atoms with Crippen molar-refractivity contribution in [3.05, 3.63) is 81.1 Å². The fourth-order valence-electron chi connectivity index (χ4n) is 6.97. The van der Waals surface area contributed by atoms with Gasteiger partial charge in [0.05, 0.1) is 23.5 Å². The number of carbonyl (C=O) groups is 4. The van der Waals surface area contributed by atoms with Crippen molar-refractivity contribution in [2.24, 2.45) is 17.8 Å². The average molecular weight is 642 g/mol. The molecule has 2 aromatic rings. The van der Waals surface area contributed by atoms with Gasteiger partial charge in [-0.15, -0.1) is 0 Å². The SMILES string of the molecule is CCOc1cccc([C@H]2C3=CC[C@@H]4C(=O)N(N(C)c5nc(C(F)(F)F)ccc5Cl)C(=O)[C@@H]4[C@@H]3CC3=C2C(=O)C=C(C)C3=O)c1O.